The van der Waals surface area contributed by atoms with Crippen molar-refractivity contribution in [3.63, 3.8) is 0 Å². The molecule has 2 fully saturated rings. The molecule has 3 aromatic rings. The molecule has 1 N–H and O–H groups in total. The van der Waals surface area contributed by atoms with Gasteiger partial charge in [-0.3, -0.25) is 9.59 Å². The summed E-state index contributed by atoms with van der Waals surface area (Å²) in [6.45, 7) is 9.94. The lowest BCUT2D eigenvalue weighted by molar-refractivity contribution is -0.115. The van der Waals surface area contributed by atoms with E-state index in [4.69, 9.17) is 15.1 Å². The highest BCUT2D eigenvalue weighted by Gasteiger charge is 2.30. The lowest BCUT2D eigenvalue weighted by Crippen LogP contribution is -2.44. The molecule has 3 aromatic heterocycles. The number of hydrogen-bond donors (Lipinski definition) is 1. The van der Waals surface area contributed by atoms with Crippen molar-refractivity contribution in [1.29, 1.82) is 0 Å². The van der Waals surface area contributed by atoms with E-state index in [-0.39, 0.29) is 18.2 Å². The lowest BCUT2D eigenvalue weighted by Gasteiger charge is -2.33. The van der Waals surface area contributed by atoms with E-state index < -0.39 is 0 Å². The molecule has 0 aromatic carbocycles. The van der Waals surface area contributed by atoms with Gasteiger partial charge in [0.05, 0.1) is 28.4 Å². The molecule has 6 rings (SSSR count). The van der Waals surface area contributed by atoms with Gasteiger partial charge in [0.15, 0.2) is 11.4 Å². The van der Waals surface area contributed by atoms with Gasteiger partial charge in [0, 0.05) is 56.5 Å². The molecule has 0 radical (unpaired) electrons. The summed E-state index contributed by atoms with van der Waals surface area (Å²) in [7, 11) is 2.14. The van der Waals surface area contributed by atoms with Crippen LogP contribution < -0.4 is 10.2 Å². The van der Waals surface area contributed by atoms with Crippen LogP contribution >= 0.6 is 0 Å². The van der Waals surface area contributed by atoms with Crippen LogP contribution in [0.5, 0.6) is 0 Å². The van der Waals surface area contributed by atoms with E-state index in [2.05, 4.69) is 22.2 Å². The van der Waals surface area contributed by atoms with Gasteiger partial charge in [-0.1, -0.05) is 11.6 Å². The Balaban J connectivity index is 1.34. The zero-order valence-electron chi connectivity index (χ0n) is 23.1. The normalized spacial score (nSPS) is 18.6. The molecule has 2 aliphatic carbocycles. The van der Waals surface area contributed by atoms with E-state index in [9.17, 15) is 9.59 Å². The largest absolute Gasteiger partial charge is 0.354 e. The molecule has 202 valence electrons. The molecule has 9 nitrogen and oxygen atoms in total. The number of piperazine rings is 1. The summed E-state index contributed by atoms with van der Waals surface area (Å²) in [5, 5.41) is 8.55. The summed E-state index contributed by atoms with van der Waals surface area (Å²) in [5.74, 6) is 0.788. The summed E-state index contributed by atoms with van der Waals surface area (Å²) >= 11 is 0. The van der Waals surface area contributed by atoms with Gasteiger partial charge in [0.25, 0.3) is 5.91 Å². The van der Waals surface area contributed by atoms with Gasteiger partial charge in [0.1, 0.15) is 5.82 Å². The lowest BCUT2D eigenvalue weighted by atomic mass is 9.92. The highest BCUT2D eigenvalue weighted by Crippen LogP contribution is 2.38. The summed E-state index contributed by atoms with van der Waals surface area (Å²) in [5.41, 5.74) is 6.19. The number of Topliss-reactive ketones (excluding diaryl/α,β-unsaturated/α-hetero) is 1. The molecule has 1 saturated heterocycles. The Morgan fingerprint density at radius 1 is 1.10 bits per heavy atom. The number of likely N-dealkylation sites (N-methyl/N-ethyl adjacent to an activating group) is 1. The standard InChI is InChI=1S/C30H35N7O2/c1-18-13-19(2)24(26(38)14-18)17-32-30(39)23-15-25(33-29-28(23)20(3)34-37(29)22-6-7-22)21-5-8-27(31-16-21)36-11-9-35(4)10-12-36/h5,8,13,15-16,22H,6-7,9-12,14,17H2,1-4H3,(H,32,39). The Morgan fingerprint density at radius 3 is 2.54 bits per heavy atom. The highest BCUT2D eigenvalue weighted by molar-refractivity contribution is 6.08. The monoisotopic (exact) mass is 525 g/mol. The maximum absolute atomic E-state index is 13.6. The SMILES string of the molecule is CC1=CC(C)=C(CNC(=O)c2cc(-c3ccc(N4CCN(C)CC4)nc3)nc3c2c(C)nn3C2CC2)C(=O)C1. The van der Waals surface area contributed by atoms with Gasteiger partial charge < -0.3 is 15.1 Å². The fourth-order valence-electron chi connectivity index (χ4n) is 5.56. The number of pyridine rings is 2. The Hall–Kier alpha value is -3.85. The number of aryl methyl sites for hydroxylation is 1. The van der Waals surface area contributed by atoms with Crippen molar-refractivity contribution in [2.45, 2.75) is 46.1 Å². The van der Waals surface area contributed by atoms with Crippen molar-refractivity contribution >= 4 is 28.5 Å². The fourth-order valence-corrected chi connectivity index (χ4v) is 5.56. The molecular weight excluding hydrogens is 490 g/mol. The van der Waals surface area contributed by atoms with Gasteiger partial charge in [0.2, 0.25) is 0 Å². The number of fused-ring (bicyclic) bond motifs is 1. The maximum atomic E-state index is 13.6. The van der Waals surface area contributed by atoms with Crippen LogP contribution in [0.1, 0.15) is 55.2 Å². The first-order chi connectivity index (χ1) is 18.8. The van der Waals surface area contributed by atoms with E-state index >= 15 is 0 Å². The van der Waals surface area contributed by atoms with E-state index in [1.807, 2.05) is 55.9 Å². The van der Waals surface area contributed by atoms with Gasteiger partial charge in [-0.25, -0.2) is 14.6 Å². The van der Waals surface area contributed by atoms with Crippen LogP contribution in [0.15, 0.2) is 47.2 Å². The third-order valence-electron chi connectivity index (χ3n) is 7.99. The van der Waals surface area contributed by atoms with Crippen molar-refractivity contribution in [2.75, 3.05) is 44.7 Å². The minimum atomic E-state index is -0.233. The van der Waals surface area contributed by atoms with Crippen LogP contribution in [0.25, 0.3) is 22.3 Å². The average molecular weight is 526 g/mol. The van der Waals surface area contributed by atoms with Gasteiger partial charge in [-0.2, -0.15) is 5.10 Å². The molecule has 0 atom stereocenters. The van der Waals surface area contributed by atoms with Crippen molar-refractivity contribution < 1.29 is 9.59 Å². The van der Waals surface area contributed by atoms with E-state index in [1.165, 1.54) is 0 Å². The second-order valence-electron chi connectivity index (χ2n) is 11.1. The summed E-state index contributed by atoms with van der Waals surface area (Å²) in [6.07, 6.45) is 6.39. The zero-order chi connectivity index (χ0) is 27.3. The molecule has 0 unspecified atom stereocenters. The quantitative estimate of drug-likeness (QED) is 0.522. The van der Waals surface area contributed by atoms with E-state index in [0.29, 0.717) is 29.3 Å². The van der Waals surface area contributed by atoms with Crippen LogP contribution in [0, 0.1) is 6.92 Å². The molecule has 0 bridgehead atoms. The summed E-state index contributed by atoms with van der Waals surface area (Å²) in [4.78, 5) is 40.6. The number of carbonyl (C=O) groups excluding carboxylic acids is 2. The molecule has 39 heavy (non-hydrogen) atoms. The predicted octanol–water partition coefficient (Wildman–Crippen LogP) is 3.85. The van der Waals surface area contributed by atoms with Gasteiger partial charge >= 0.3 is 0 Å². The summed E-state index contributed by atoms with van der Waals surface area (Å²) in [6, 6.07) is 6.23. The molecule has 0 spiro atoms. The minimum Gasteiger partial charge on any atom is -0.354 e. The molecular formula is C30H35N7O2. The number of nitrogens with one attached hydrogen (secondary N) is 1. The Morgan fingerprint density at radius 2 is 1.87 bits per heavy atom. The first-order valence-electron chi connectivity index (χ1n) is 13.8. The van der Waals surface area contributed by atoms with Gasteiger partial charge in [-0.15, -0.1) is 0 Å². The van der Waals surface area contributed by atoms with Crippen molar-refractivity contribution in [3.8, 4) is 11.3 Å². The molecule has 3 aliphatic rings. The van der Waals surface area contributed by atoms with Crippen molar-refractivity contribution in [3.05, 3.63) is 58.4 Å². The van der Waals surface area contributed by atoms with Crippen LogP contribution in [0.2, 0.25) is 0 Å². The smallest absolute Gasteiger partial charge is 0.252 e. The summed E-state index contributed by atoms with van der Waals surface area (Å²) < 4.78 is 1.97. The first kappa shape index (κ1) is 25.4. The Bertz CT molecular complexity index is 1520. The maximum Gasteiger partial charge on any atom is 0.252 e. The number of allylic oxidation sites excluding steroid dienone is 3. The average Bonchev–Trinajstić information content (AvgIpc) is 3.71. The number of rotatable bonds is 6. The third kappa shape index (κ3) is 4.98. The number of amides is 1. The number of nitrogens with zero attached hydrogens (tertiary/aromatic N) is 6. The number of anilines is 1. The van der Waals surface area contributed by atoms with E-state index in [1.54, 1.807) is 0 Å². The number of aromatic nitrogens is 4. The van der Waals surface area contributed by atoms with Gasteiger partial charge in [-0.05, 0) is 64.4 Å². The van der Waals surface area contributed by atoms with Crippen LogP contribution in [0.3, 0.4) is 0 Å². The van der Waals surface area contributed by atoms with Crippen molar-refractivity contribution in [1.82, 2.24) is 30.0 Å². The fraction of sp³-hybridized carbons (Fsp3) is 0.433. The number of hydrogen-bond acceptors (Lipinski definition) is 7. The topological polar surface area (TPSA) is 96.2 Å². The molecule has 1 saturated carbocycles. The third-order valence-corrected chi connectivity index (χ3v) is 7.99. The first-order valence-corrected chi connectivity index (χ1v) is 13.8. The number of carbonyl (C=O) groups is 2. The molecule has 1 amide bonds. The zero-order valence-corrected chi connectivity index (χ0v) is 23.1. The Kier molecular flexibility index (Phi) is 6.54. The predicted molar refractivity (Wildman–Crippen MR) is 152 cm³/mol. The second-order valence-corrected chi connectivity index (χ2v) is 11.1. The van der Waals surface area contributed by atoms with Crippen LogP contribution in [-0.4, -0.2) is 76.1 Å². The molecule has 1 aliphatic heterocycles. The van der Waals surface area contributed by atoms with Crippen molar-refractivity contribution in [2.24, 2.45) is 0 Å². The Labute approximate surface area is 228 Å². The molecule has 4 heterocycles. The number of ketones is 1. The highest BCUT2D eigenvalue weighted by atomic mass is 16.2. The molecule has 9 heteroatoms. The minimum absolute atomic E-state index is 0.0672. The van der Waals surface area contributed by atoms with Crippen LogP contribution in [0.4, 0.5) is 5.82 Å². The van der Waals surface area contributed by atoms with Crippen LogP contribution in [-0.2, 0) is 4.79 Å². The van der Waals surface area contributed by atoms with E-state index in [0.717, 1.165) is 78.3 Å². The second kappa shape index (κ2) is 10.0.